The quantitative estimate of drug-likeness (QED) is 0.253. The number of imidazole rings is 1. The molecule has 1 atom stereocenters. The van der Waals surface area contributed by atoms with Crippen molar-refractivity contribution in [3.63, 3.8) is 0 Å². The van der Waals surface area contributed by atoms with Crippen LogP contribution in [0.15, 0.2) is 18.7 Å². The molecular formula is C16H17Cl5N2O2. The van der Waals surface area contributed by atoms with Crippen molar-refractivity contribution < 1.29 is 9.47 Å². The highest BCUT2D eigenvalue weighted by molar-refractivity contribution is 6.55. The normalized spacial score (nSPS) is 12.4. The second-order valence-corrected chi connectivity index (χ2v) is 7.21. The number of hydrogen-bond donors (Lipinski definition) is 0. The Morgan fingerprint density at radius 2 is 1.68 bits per heavy atom. The third kappa shape index (κ3) is 5.56. The lowest BCUT2D eigenvalue weighted by Gasteiger charge is -2.20. The molecule has 0 bridgehead atoms. The van der Waals surface area contributed by atoms with Gasteiger partial charge in [0.1, 0.15) is 22.8 Å². The molecule has 0 N–H and O–H groups in total. The van der Waals surface area contributed by atoms with Crippen molar-refractivity contribution in [3.8, 4) is 5.75 Å². The maximum Gasteiger partial charge on any atom is 0.159 e. The molecule has 0 saturated carbocycles. The molecule has 0 saturated heterocycles. The summed E-state index contributed by atoms with van der Waals surface area (Å²) in [5.41, 5.74) is 0. The first-order chi connectivity index (χ1) is 12.0. The van der Waals surface area contributed by atoms with Gasteiger partial charge in [0.15, 0.2) is 5.75 Å². The van der Waals surface area contributed by atoms with Crippen molar-refractivity contribution in [2.45, 2.75) is 32.4 Å². The SMILES string of the molecule is CCCCOC(COc1c(Cl)c(Cl)c(Cl)c(Cl)c1Cl)Cn1ccnc1. The summed E-state index contributed by atoms with van der Waals surface area (Å²) in [5, 5.41) is 0.545. The monoisotopic (exact) mass is 444 g/mol. The Morgan fingerprint density at radius 3 is 2.24 bits per heavy atom. The van der Waals surface area contributed by atoms with E-state index in [1.54, 1.807) is 12.5 Å². The molecule has 2 aromatic rings. The number of halogens is 5. The molecule has 0 aliphatic carbocycles. The summed E-state index contributed by atoms with van der Waals surface area (Å²) in [6.45, 7) is 3.52. The van der Waals surface area contributed by atoms with Gasteiger partial charge in [-0.3, -0.25) is 0 Å². The van der Waals surface area contributed by atoms with Gasteiger partial charge in [0.05, 0.1) is 27.9 Å². The van der Waals surface area contributed by atoms with E-state index in [2.05, 4.69) is 11.9 Å². The van der Waals surface area contributed by atoms with Crippen LogP contribution in [0.25, 0.3) is 0 Å². The molecule has 9 heteroatoms. The second kappa shape index (κ2) is 10.1. The van der Waals surface area contributed by atoms with Gasteiger partial charge < -0.3 is 14.0 Å². The van der Waals surface area contributed by atoms with Crippen LogP contribution in [0.1, 0.15) is 19.8 Å². The topological polar surface area (TPSA) is 36.3 Å². The fourth-order valence-electron chi connectivity index (χ4n) is 2.07. The average Bonchev–Trinajstić information content (AvgIpc) is 3.11. The van der Waals surface area contributed by atoms with Crippen LogP contribution >= 0.6 is 58.0 Å². The number of ether oxygens (including phenoxy) is 2. The third-order valence-electron chi connectivity index (χ3n) is 3.41. The predicted octanol–water partition coefficient (Wildman–Crippen LogP) is 6.41. The van der Waals surface area contributed by atoms with Crippen LogP contribution in [-0.4, -0.2) is 28.9 Å². The Morgan fingerprint density at radius 1 is 1.04 bits per heavy atom. The van der Waals surface area contributed by atoms with Crippen LogP contribution in [0.5, 0.6) is 5.75 Å². The minimum Gasteiger partial charge on any atom is -0.488 e. The molecular weight excluding hydrogens is 429 g/mol. The van der Waals surface area contributed by atoms with E-state index in [-0.39, 0.29) is 43.6 Å². The Kier molecular flexibility index (Phi) is 8.46. The molecule has 25 heavy (non-hydrogen) atoms. The van der Waals surface area contributed by atoms with Crippen molar-refractivity contribution in [2.24, 2.45) is 0 Å². The lowest BCUT2D eigenvalue weighted by Crippen LogP contribution is -2.27. The Bertz CT molecular complexity index is 665. The highest BCUT2D eigenvalue weighted by atomic mass is 35.5. The highest BCUT2D eigenvalue weighted by Gasteiger charge is 2.22. The molecule has 0 amide bonds. The minimum absolute atomic E-state index is 0.0971. The van der Waals surface area contributed by atoms with Crippen molar-refractivity contribution in [1.29, 1.82) is 0 Å². The fraction of sp³-hybridized carbons (Fsp3) is 0.438. The van der Waals surface area contributed by atoms with E-state index < -0.39 is 0 Å². The molecule has 1 aromatic heterocycles. The molecule has 0 aliphatic rings. The van der Waals surface area contributed by atoms with Gasteiger partial charge in [0, 0.05) is 19.0 Å². The van der Waals surface area contributed by atoms with Crippen LogP contribution in [0.2, 0.25) is 25.1 Å². The number of rotatable bonds is 9. The zero-order valence-corrected chi connectivity index (χ0v) is 17.2. The summed E-state index contributed by atoms with van der Waals surface area (Å²) in [4.78, 5) is 4.03. The van der Waals surface area contributed by atoms with E-state index in [1.807, 2.05) is 10.8 Å². The van der Waals surface area contributed by atoms with Crippen molar-refractivity contribution in [2.75, 3.05) is 13.2 Å². The van der Waals surface area contributed by atoms with Gasteiger partial charge in [0.2, 0.25) is 0 Å². The smallest absolute Gasteiger partial charge is 0.159 e. The molecule has 4 nitrogen and oxygen atoms in total. The molecule has 1 aromatic carbocycles. The van der Waals surface area contributed by atoms with Gasteiger partial charge in [-0.25, -0.2) is 4.98 Å². The molecule has 0 radical (unpaired) electrons. The first-order valence-corrected chi connectivity index (χ1v) is 9.56. The van der Waals surface area contributed by atoms with Gasteiger partial charge in [-0.1, -0.05) is 71.3 Å². The van der Waals surface area contributed by atoms with Gasteiger partial charge in [-0.2, -0.15) is 0 Å². The molecule has 1 heterocycles. The number of nitrogens with zero attached hydrogens (tertiary/aromatic N) is 2. The summed E-state index contributed by atoms with van der Waals surface area (Å²) < 4.78 is 13.6. The van der Waals surface area contributed by atoms with Crippen molar-refractivity contribution in [1.82, 2.24) is 9.55 Å². The Hall–Kier alpha value is -0.360. The van der Waals surface area contributed by atoms with E-state index in [0.717, 1.165) is 12.8 Å². The molecule has 0 aliphatic heterocycles. The predicted molar refractivity (Wildman–Crippen MR) is 104 cm³/mol. The van der Waals surface area contributed by atoms with Crippen LogP contribution in [-0.2, 0) is 11.3 Å². The van der Waals surface area contributed by atoms with E-state index >= 15 is 0 Å². The minimum atomic E-state index is -0.221. The largest absolute Gasteiger partial charge is 0.488 e. The number of aromatic nitrogens is 2. The Balaban J connectivity index is 2.11. The van der Waals surface area contributed by atoms with Gasteiger partial charge in [-0.05, 0) is 6.42 Å². The number of benzene rings is 1. The lowest BCUT2D eigenvalue weighted by atomic mass is 10.3. The summed E-state index contributed by atoms with van der Waals surface area (Å²) in [6.07, 6.45) is 7.05. The second-order valence-electron chi connectivity index (χ2n) is 5.32. The Labute approximate surface area is 171 Å². The molecule has 0 fully saturated rings. The molecule has 1 unspecified atom stereocenters. The average molecular weight is 447 g/mol. The standard InChI is InChI=1S/C16H17Cl5N2O2/c1-2-3-6-24-10(7-23-5-4-22-9-23)8-25-16-14(20)12(18)11(17)13(19)15(16)21/h4-5,9-10H,2-3,6-8H2,1H3. The van der Waals surface area contributed by atoms with Gasteiger partial charge >= 0.3 is 0 Å². The summed E-state index contributed by atoms with van der Waals surface area (Å²) in [5.74, 6) is 0.192. The van der Waals surface area contributed by atoms with E-state index in [9.17, 15) is 0 Å². The van der Waals surface area contributed by atoms with E-state index in [4.69, 9.17) is 67.5 Å². The number of unbranched alkanes of at least 4 members (excludes halogenated alkanes) is 1. The van der Waals surface area contributed by atoms with Crippen LogP contribution in [0.4, 0.5) is 0 Å². The van der Waals surface area contributed by atoms with Crippen LogP contribution in [0, 0.1) is 0 Å². The first kappa shape index (κ1) is 20.9. The van der Waals surface area contributed by atoms with Gasteiger partial charge in [-0.15, -0.1) is 0 Å². The number of hydrogen-bond acceptors (Lipinski definition) is 3. The van der Waals surface area contributed by atoms with Gasteiger partial charge in [0.25, 0.3) is 0 Å². The third-order valence-corrected chi connectivity index (χ3v) is 5.65. The van der Waals surface area contributed by atoms with Crippen molar-refractivity contribution in [3.05, 3.63) is 43.8 Å². The molecule has 2 rings (SSSR count). The molecule has 0 spiro atoms. The molecule has 138 valence electrons. The summed E-state index contributed by atoms with van der Waals surface area (Å²) in [7, 11) is 0. The van der Waals surface area contributed by atoms with E-state index in [1.165, 1.54) is 0 Å². The van der Waals surface area contributed by atoms with Crippen molar-refractivity contribution >= 4 is 58.0 Å². The van der Waals surface area contributed by atoms with Crippen LogP contribution < -0.4 is 4.74 Å². The summed E-state index contributed by atoms with van der Waals surface area (Å²) in [6, 6.07) is 0. The van der Waals surface area contributed by atoms with Crippen LogP contribution in [0.3, 0.4) is 0 Å². The zero-order valence-electron chi connectivity index (χ0n) is 13.4. The first-order valence-electron chi connectivity index (χ1n) is 7.67. The highest BCUT2D eigenvalue weighted by Crippen LogP contribution is 2.48. The maximum atomic E-state index is 6.19. The van der Waals surface area contributed by atoms with E-state index in [0.29, 0.717) is 13.2 Å². The fourth-order valence-corrected chi connectivity index (χ4v) is 3.30. The summed E-state index contributed by atoms with van der Waals surface area (Å²) >= 11 is 30.5. The zero-order chi connectivity index (χ0) is 18.4. The maximum absolute atomic E-state index is 6.19. The lowest BCUT2D eigenvalue weighted by molar-refractivity contribution is 0.00867.